The number of ketones is 1. The lowest BCUT2D eigenvalue weighted by Gasteiger charge is -2.57. The maximum atomic E-state index is 14.3. The van der Waals surface area contributed by atoms with E-state index in [2.05, 4.69) is 0 Å². The van der Waals surface area contributed by atoms with Crippen molar-refractivity contribution in [2.45, 2.75) is 110 Å². The second-order valence-electron chi connectivity index (χ2n) is 14.8. The zero-order valence-corrected chi connectivity index (χ0v) is 28.4. The van der Waals surface area contributed by atoms with Crippen molar-refractivity contribution >= 4 is 35.6 Å². The fourth-order valence-electron chi connectivity index (χ4n) is 9.64. The smallest absolute Gasteiger partial charge is 0.338 e. The molecule has 4 aliphatic carbocycles. The third kappa shape index (κ3) is 5.29. The number of fused-ring (bicyclic) bond motifs is 5. The summed E-state index contributed by atoms with van der Waals surface area (Å²) in [4.78, 5) is 78.9. The minimum Gasteiger partial charge on any atom is -0.461 e. The molecule has 0 saturated heterocycles. The predicted molar refractivity (Wildman–Crippen MR) is 164 cm³/mol. The molecule has 1 aromatic carbocycles. The Hall–Kier alpha value is -3.84. The molecule has 13 heteroatoms. The van der Waals surface area contributed by atoms with Gasteiger partial charge in [-0.1, -0.05) is 32.0 Å². The van der Waals surface area contributed by atoms with Gasteiger partial charge in [0.1, 0.15) is 47.5 Å². The largest absolute Gasteiger partial charge is 0.461 e. The Balaban J connectivity index is 1.82. The van der Waals surface area contributed by atoms with Crippen molar-refractivity contribution in [3.63, 3.8) is 0 Å². The highest BCUT2D eigenvalue weighted by Crippen LogP contribution is 2.68. The standard InChI is InChI=1S/C35H44O13/c1-16-14-34(42)24(25(16)48-29(41)21-12-10-9-11-13-21)28(45-18(3)37)35(43)15-22-23(27(44-17(2)36)32(6,7)26(22)40)33(8,30(34)46-19(4)38)31(35)47-20(5)39/h9-13,16,22-25,27-28,30-31,42-43H,14-15H2,1-8H3/t16-,22+,23+,24+,25-,27-,28+,30+,31+,33+,34+,35+/m0/s1. The predicted octanol–water partition coefficient (Wildman–Crippen LogP) is 2.32. The number of carbonyl (C=O) groups is 6. The number of rotatable bonds is 6. The van der Waals surface area contributed by atoms with Gasteiger partial charge >= 0.3 is 29.8 Å². The number of benzene rings is 1. The second kappa shape index (κ2) is 11.9. The molecule has 0 aliphatic heterocycles. The number of ether oxygens (including phenoxy) is 5. The average molecular weight is 673 g/mol. The van der Waals surface area contributed by atoms with Gasteiger partial charge in [-0.15, -0.1) is 0 Å². The minimum atomic E-state index is -2.40. The number of aliphatic hydroxyl groups is 2. The summed E-state index contributed by atoms with van der Waals surface area (Å²) in [5.41, 5.74) is -7.60. The van der Waals surface area contributed by atoms with Gasteiger partial charge < -0.3 is 33.9 Å². The minimum absolute atomic E-state index is 0.189. The molecule has 4 saturated carbocycles. The summed E-state index contributed by atoms with van der Waals surface area (Å²) in [5.74, 6) is -8.72. The van der Waals surface area contributed by atoms with E-state index in [1.54, 1.807) is 39.0 Å². The molecule has 1 aromatic rings. The van der Waals surface area contributed by atoms with E-state index in [1.165, 1.54) is 26.0 Å². The molecular formula is C35H44O13. The van der Waals surface area contributed by atoms with Crippen LogP contribution in [0.3, 0.4) is 0 Å². The topological polar surface area (TPSA) is 189 Å². The number of carbonyl (C=O) groups excluding carboxylic acids is 6. The summed E-state index contributed by atoms with van der Waals surface area (Å²) in [5, 5.41) is 26.1. The lowest BCUT2D eigenvalue weighted by atomic mass is 9.53. The van der Waals surface area contributed by atoms with E-state index in [4.69, 9.17) is 23.7 Å². The summed E-state index contributed by atoms with van der Waals surface area (Å²) in [6, 6.07) is 8.07. The molecule has 2 N–H and O–H groups in total. The third-order valence-corrected chi connectivity index (χ3v) is 11.1. The molecule has 0 spiro atoms. The van der Waals surface area contributed by atoms with Crippen LogP contribution in [0, 0.1) is 34.5 Å². The monoisotopic (exact) mass is 672 g/mol. The zero-order valence-electron chi connectivity index (χ0n) is 28.4. The maximum absolute atomic E-state index is 14.3. The van der Waals surface area contributed by atoms with Crippen molar-refractivity contribution in [2.75, 3.05) is 0 Å². The van der Waals surface area contributed by atoms with Gasteiger partial charge in [-0.2, -0.15) is 0 Å². The lowest BCUT2D eigenvalue weighted by Crippen LogP contribution is -2.70. The third-order valence-electron chi connectivity index (χ3n) is 11.1. The molecule has 12 atom stereocenters. The maximum Gasteiger partial charge on any atom is 0.338 e. The summed E-state index contributed by atoms with van der Waals surface area (Å²) >= 11 is 0. The number of esters is 5. The molecule has 4 fully saturated rings. The Morgan fingerprint density at radius 1 is 0.688 bits per heavy atom. The molecule has 5 rings (SSSR count). The van der Waals surface area contributed by atoms with Gasteiger partial charge in [-0.25, -0.2) is 4.79 Å². The van der Waals surface area contributed by atoms with Crippen LogP contribution in [0.5, 0.6) is 0 Å². The van der Waals surface area contributed by atoms with E-state index in [0.717, 1.165) is 20.8 Å². The number of hydrogen-bond acceptors (Lipinski definition) is 13. The van der Waals surface area contributed by atoms with E-state index < -0.39 is 118 Å². The Labute approximate surface area is 278 Å². The molecule has 262 valence electrons. The highest BCUT2D eigenvalue weighted by atomic mass is 16.6. The Kier molecular flexibility index (Phi) is 8.82. The average Bonchev–Trinajstić information content (AvgIpc) is 3.32. The van der Waals surface area contributed by atoms with Gasteiger partial charge in [0, 0.05) is 39.5 Å². The van der Waals surface area contributed by atoms with Gasteiger partial charge in [-0.3, -0.25) is 24.0 Å². The van der Waals surface area contributed by atoms with Gasteiger partial charge in [0.25, 0.3) is 0 Å². The fraction of sp³-hybridized carbons (Fsp3) is 0.657. The van der Waals surface area contributed by atoms with Crippen molar-refractivity contribution in [2.24, 2.45) is 34.5 Å². The number of Topliss-reactive ketones (excluding diaryl/α,β-unsaturated/α-hetero) is 1. The van der Waals surface area contributed by atoms with Crippen LogP contribution in [0.15, 0.2) is 30.3 Å². The van der Waals surface area contributed by atoms with Crippen molar-refractivity contribution in [3.05, 3.63) is 35.9 Å². The van der Waals surface area contributed by atoms with Gasteiger partial charge in [-0.05, 0) is 44.7 Å². The Morgan fingerprint density at radius 3 is 1.71 bits per heavy atom. The molecular weight excluding hydrogens is 628 g/mol. The molecule has 13 nitrogen and oxygen atoms in total. The molecule has 48 heavy (non-hydrogen) atoms. The van der Waals surface area contributed by atoms with Crippen LogP contribution in [0.1, 0.15) is 78.6 Å². The SMILES string of the molecule is CC(=O)O[C@@H]1[C@H]2[C@@H](OC(=O)c3ccccc3)[C@@H](C)C[C@]2(O)[C@H](OC(C)=O)[C@@]2(C)[C@@H]3[C@@H](C[C@]1(O)[C@@H]2OC(C)=O)C(=O)C(C)(C)[C@H]3OC(C)=O. The molecule has 0 heterocycles. The first-order valence-electron chi connectivity index (χ1n) is 16.1. The quantitative estimate of drug-likeness (QED) is 0.331. The van der Waals surface area contributed by atoms with Crippen LogP contribution in [0.25, 0.3) is 0 Å². The first-order chi connectivity index (χ1) is 22.2. The number of hydrogen-bond donors (Lipinski definition) is 2. The Morgan fingerprint density at radius 2 is 1.19 bits per heavy atom. The summed E-state index contributed by atoms with van der Waals surface area (Å²) in [6.45, 7) is 10.9. The first kappa shape index (κ1) is 35.5. The van der Waals surface area contributed by atoms with Gasteiger partial charge in [0.05, 0.1) is 22.3 Å². The van der Waals surface area contributed by atoms with Gasteiger partial charge in [0.2, 0.25) is 0 Å². The molecule has 0 aromatic heterocycles. The van der Waals surface area contributed by atoms with E-state index in [9.17, 15) is 39.0 Å². The van der Waals surface area contributed by atoms with Crippen LogP contribution in [0.4, 0.5) is 0 Å². The summed E-state index contributed by atoms with van der Waals surface area (Å²) in [6.07, 6.45) is -8.14. The van der Waals surface area contributed by atoms with Crippen LogP contribution >= 0.6 is 0 Å². The Bertz CT molecular complexity index is 1520. The fourth-order valence-corrected chi connectivity index (χ4v) is 9.64. The molecule has 0 amide bonds. The first-order valence-corrected chi connectivity index (χ1v) is 16.1. The van der Waals surface area contributed by atoms with E-state index in [-0.39, 0.29) is 12.0 Å². The van der Waals surface area contributed by atoms with Crippen molar-refractivity contribution in [3.8, 4) is 0 Å². The summed E-state index contributed by atoms with van der Waals surface area (Å²) in [7, 11) is 0. The summed E-state index contributed by atoms with van der Waals surface area (Å²) < 4.78 is 29.7. The highest BCUT2D eigenvalue weighted by Gasteiger charge is 2.82. The van der Waals surface area contributed by atoms with Crippen molar-refractivity contribution in [1.29, 1.82) is 0 Å². The van der Waals surface area contributed by atoms with Crippen LogP contribution < -0.4 is 0 Å². The van der Waals surface area contributed by atoms with Crippen molar-refractivity contribution < 1.29 is 62.7 Å². The van der Waals surface area contributed by atoms with E-state index in [0.29, 0.717) is 0 Å². The lowest BCUT2D eigenvalue weighted by molar-refractivity contribution is -0.270. The second-order valence-corrected chi connectivity index (χ2v) is 14.8. The molecule has 0 unspecified atom stereocenters. The highest BCUT2D eigenvalue weighted by molar-refractivity contribution is 5.91. The zero-order chi connectivity index (χ0) is 35.7. The van der Waals surface area contributed by atoms with Gasteiger partial charge in [0.15, 0.2) is 0 Å². The van der Waals surface area contributed by atoms with Crippen molar-refractivity contribution in [1.82, 2.24) is 0 Å². The normalized spacial score (nSPS) is 40.8. The van der Waals surface area contributed by atoms with E-state index in [1.807, 2.05) is 0 Å². The van der Waals surface area contributed by atoms with Crippen LogP contribution in [0.2, 0.25) is 0 Å². The molecule has 0 radical (unpaired) electrons. The van der Waals surface area contributed by atoms with Crippen LogP contribution in [-0.4, -0.2) is 87.6 Å². The van der Waals surface area contributed by atoms with E-state index >= 15 is 0 Å². The van der Waals surface area contributed by atoms with Crippen LogP contribution in [-0.2, 0) is 47.7 Å². The molecule has 2 bridgehead atoms. The molecule has 4 aliphatic rings.